The van der Waals surface area contributed by atoms with Gasteiger partial charge in [0.1, 0.15) is 18.0 Å². The zero-order valence-electron chi connectivity index (χ0n) is 13.6. The van der Waals surface area contributed by atoms with Crippen LogP contribution in [0.2, 0.25) is 0 Å². The summed E-state index contributed by atoms with van der Waals surface area (Å²) in [4.78, 5) is 20.9. The van der Waals surface area contributed by atoms with Crippen LogP contribution in [0.5, 0.6) is 5.75 Å². The topological polar surface area (TPSA) is 51.7 Å². The van der Waals surface area contributed by atoms with E-state index in [0.717, 1.165) is 28.3 Å². The average molecular weight is 344 g/mol. The maximum atomic E-state index is 12.9. The van der Waals surface area contributed by atoms with Gasteiger partial charge in [0.05, 0.1) is 23.7 Å². The molecule has 2 aromatic rings. The number of aromatic nitrogens is 1. The predicted octanol–water partition coefficient (Wildman–Crippen LogP) is 2.90. The van der Waals surface area contributed by atoms with Crippen LogP contribution in [-0.2, 0) is 4.74 Å². The highest BCUT2D eigenvalue weighted by Crippen LogP contribution is 2.34. The van der Waals surface area contributed by atoms with Crippen LogP contribution in [0, 0.1) is 6.92 Å². The Morgan fingerprint density at radius 2 is 2.29 bits per heavy atom. The molecule has 1 aliphatic heterocycles. The molecule has 0 radical (unpaired) electrons. The number of hydrogen-bond acceptors (Lipinski definition) is 5. The van der Waals surface area contributed by atoms with Gasteiger partial charge in [0.25, 0.3) is 5.91 Å². The summed E-state index contributed by atoms with van der Waals surface area (Å²) in [6.45, 7) is 3.23. The van der Waals surface area contributed by atoms with Crippen molar-refractivity contribution in [3.05, 3.63) is 46.4 Å². The van der Waals surface area contributed by atoms with Gasteiger partial charge >= 0.3 is 0 Å². The average Bonchev–Trinajstić information content (AvgIpc) is 3.22. The van der Waals surface area contributed by atoms with Crippen LogP contribution >= 0.6 is 11.3 Å². The molecule has 0 spiro atoms. The van der Waals surface area contributed by atoms with Crippen molar-refractivity contribution < 1.29 is 14.3 Å². The zero-order valence-corrected chi connectivity index (χ0v) is 14.4. The molecule has 1 saturated heterocycles. The molecule has 1 amide bonds. The van der Waals surface area contributed by atoms with Gasteiger partial charge in [-0.15, -0.1) is 11.3 Å². The molecule has 3 atom stereocenters. The highest BCUT2D eigenvalue weighted by Gasteiger charge is 2.46. The fourth-order valence-electron chi connectivity index (χ4n) is 3.58. The van der Waals surface area contributed by atoms with E-state index >= 15 is 0 Å². The first-order chi connectivity index (χ1) is 11.7. The van der Waals surface area contributed by atoms with Crippen LogP contribution < -0.4 is 4.74 Å². The molecule has 5 nitrogen and oxygen atoms in total. The highest BCUT2D eigenvalue weighted by molar-refractivity contribution is 7.13. The Morgan fingerprint density at radius 1 is 1.38 bits per heavy atom. The van der Waals surface area contributed by atoms with Crippen LogP contribution in [0.3, 0.4) is 0 Å². The molecule has 1 aliphatic carbocycles. The third kappa shape index (κ3) is 2.91. The lowest BCUT2D eigenvalue weighted by Gasteiger charge is -2.38. The minimum atomic E-state index is -0.0658. The first kappa shape index (κ1) is 15.6. The van der Waals surface area contributed by atoms with Gasteiger partial charge in [0, 0.05) is 17.6 Å². The number of amides is 1. The lowest BCUT2D eigenvalue weighted by atomic mass is 10.1. The van der Waals surface area contributed by atoms with Crippen molar-refractivity contribution in [1.29, 1.82) is 0 Å². The van der Waals surface area contributed by atoms with Crippen molar-refractivity contribution >= 4 is 17.2 Å². The summed E-state index contributed by atoms with van der Waals surface area (Å²) in [5, 5.41) is 0. The maximum absolute atomic E-state index is 12.9. The molecule has 24 heavy (non-hydrogen) atoms. The summed E-state index contributed by atoms with van der Waals surface area (Å²) in [5.41, 5.74) is 0. The largest absolute Gasteiger partial charge is 0.486 e. The Hall–Kier alpha value is -1.92. The minimum Gasteiger partial charge on any atom is -0.486 e. The van der Waals surface area contributed by atoms with Crippen molar-refractivity contribution in [3.8, 4) is 5.75 Å². The fraction of sp³-hybridized carbons (Fsp3) is 0.444. The molecule has 126 valence electrons. The molecule has 6 heteroatoms. The van der Waals surface area contributed by atoms with E-state index in [1.54, 1.807) is 23.7 Å². The second-order valence-corrected chi connectivity index (χ2v) is 7.52. The second-order valence-electron chi connectivity index (χ2n) is 6.23. The fourth-order valence-corrected chi connectivity index (χ4v) is 4.40. The van der Waals surface area contributed by atoms with Crippen molar-refractivity contribution in [3.63, 3.8) is 0 Å². The van der Waals surface area contributed by atoms with Crippen molar-refractivity contribution in [2.45, 2.75) is 38.0 Å². The molecule has 1 saturated carbocycles. The monoisotopic (exact) mass is 344 g/mol. The van der Waals surface area contributed by atoms with Gasteiger partial charge in [0.2, 0.25) is 0 Å². The van der Waals surface area contributed by atoms with E-state index in [4.69, 9.17) is 9.47 Å². The molecule has 0 N–H and O–H groups in total. The van der Waals surface area contributed by atoms with Gasteiger partial charge in [0.15, 0.2) is 0 Å². The lowest BCUT2D eigenvalue weighted by molar-refractivity contribution is -0.0785. The highest BCUT2D eigenvalue weighted by atomic mass is 32.1. The van der Waals surface area contributed by atoms with Gasteiger partial charge in [-0.25, -0.2) is 0 Å². The van der Waals surface area contributed by atoms with Gasteiger partial charge in [-0.3, -0.25) is 9.78 Å². The van der Waals surface area contributed by atoms with E-state index in [0.29, 0.717) is 13.2 Å². The van der Waals surface area contributed by atoms with Crippen LogP contribution in [-0.4, -0.2) is 47.2 Å². The van der Waals surface area contributed by atoms with Crippen molar-refractivity contribution in [1.82, 2.24) is 9.88 Å². The van der Waals surface area contributed by atoms with Gasteiger partial charge in [-0.2, -0.15) is 0 Å². The molecule has 2 aliphatic rings. The number of thiophene rings is 1. The van der Waals surface area contributed by atoms with Crippen LogP contribution in [0.1, 0.15) is 27.4 Å². The zero-order chi connectivity index (χ0) is 16.5. The normalized spacial score (nSPS) is 26.2. The van der Waals surface area contributed by atoms with Gasteiger partial charge in [-0.1, -0.05) is 0 Å². The molecule has 4 rings (SSSR count). The van der Waals surface area contributed by atoms with E-state index in [9.17, 15) is 4.79 Å². The Kier molecular flexibility index (Phi) is 4.24. The van der Waals surface area contributed by atoms with E-state index in [1.807, 2.05) is 36.1 Å². The summed E-state index contributed by atoms with van der Waals surface area (Å²) >= 11 is 1.56. The smallest absolute Gasteiger partial charge is 0.264 e. The number of morpholine rings is 1. The SMILES string of the molecule is Cc1ccc(C(=O)N2CCO[C@@H]3[C@@H](Oc4cccnc4)CC[C@H]32)s1. The van der Waals surface area contributed by atoms with E-state index in [1.165, 1.54) is 0 Å². The predicted molar refractivity (Wildman–Crippen MR) is 91.5 cm³/mol. The number of carbonyl (C=O) groups excluding carboxylic acids is 1. The third-order valence-electron chi connectivity index (χ3n) is 4.67. The number of pyridine rings is 1. The Balaban J connectivity index is 1.49. The summed E-state index contributed by atoms with van der Waals surface area (Å²) in [6.07, 6.45) is 5.14. The Morgan fingerprint density at radius 3 is 3.04 bits per heavy atom. The lowest BCUT2D eigenvalue weighted by Crippen LogP contribution is -2.54. The molecule has 3 heterocycles. The summed E-state index contributed by atoms with van der Waals surface area (Å²) in [5.74, 6) is 0.873. The number of fused-ring (bicyclic) bond motifs is 1. The summed E-state index contributed by atoms with van der Waals surface area (Å²) in [6, 6.07) is 7.78. The van der Waals surface area contributed by atoms with Crippen LogP contribution in [0.15, 0.2) is 36.7 Å². The number of rotatable bonds is 3. The van der Waals surface area contributed by atoms with Crippen molar-refractivity contribution in [2.75, 3.05) is 13.2 Å². The molecule has 0 aromatic carbocycles. The first-order valence-corrected chi connectivity index (χ1v) is 9.10. The van der Waals surface area contributed by atoms with Crippen LogP contribution in [0.25, 0.3) is 0 Å². The third-order valence-corrected chi connectivity index (χ3v) is 5.66. The number of ether oxygens (including phenoxy) is 2. The van der Waals surface area contributed by atoms with Crippen molar-refractivity contribution in [2.24, 2.45) is 0 Å². The minimum absolute atomic E-state index is 0.0279. The summed E-state index contributed by atoms with van der Waals surface area (Å²) in [7, 11) is 0. The maximum Gasteiger partial charge on any atom is 0.264 e. The molecule has 0 unspecified atom stereocenters. The molecular weight excluding hydrogens is 324 g/mol. The summed E-state index contributed by atoms with van der Waals surface area (Å²) < 4.78 is 12.0. The quantitative estimate of drug-likeness (QED) is 0.859. The first-order valence-electron chi connectivity index (χ1n) is 8.28. The van der Waals surface area contributed by atoms with Crippen LogP contribution in [0.4, 0.5) is 0 Å². The molecule has 2 aromatic heterocycles. The Bertz CT molecular complexity index is 718. The van der Waals surface area contributed by atoms with Gasteiger partial charge < -0.3 is 14.4 Å². The molecule has 2 fully saturated rings. The number of carbonyl (C=O) groups is 1. The standard InChI is InChI=1S/C18H20N2O3S/c1-12-4-7-16(24-12)18(21)20-9-10-22-17-14(20)5-6-15(17)23-13-3-2-8-19-11-13/h2-4,7-8,11,14-15,17H,5-6,9-10H2,1H3/t14-,15+,17+/m1/s1. The second kappa shape index (κ2) is 6.53. The number of hydrogen-bond donors (Lipinski definition) is 0. The number of nitrogens with zero attached hydrogens (tertiary/aromatic N) is 2. The van der Waals surface area contributed by atoms with E-state index in [2.05, 4.69) is 4.98 Å². The van der Waals surface area contributed by atoms with Gasteiger partial charge in [-0.05, 0) is 44.0 Å². The molecule has 0 bridgehead atoms. The number of aryl methyl sites for hydroxylation is 1. The Labute approximate surface area is 145 Å². The van der Waals surface area contributed by atoms with E-state index in [-0.39, 0.29) is 24.2 Å². The van der Waals surface area contributed by atoms with E-state index < -0.39 is 0 Å². The molecular formula is C18H20N2O3S.